The van der Waals surface area contributed by atoms with Gasteiger partial charge in [0.1, 0.15) is 5.76 Å². The van der Waals surface area contributed by atoms with Gasteiger partial charge < -0.3 is 9.73 Å². The number of amides is 1. The van der Waals surface area contributed by atoms with Crippen molar-refractivity contribution in [2.75, 3.05) is 11.5 Å². The van der Waals surface area contributed by atoms with Crippen LogP contribution in [0.2, 0.25) is 0 Å². The molecule has 1 aromatic carbocycles. The van der Waals surface area contributed by atoms with Crippen molar-refractivity contribution in [1.29, 1.82) is 0 Å². The number of furan rings is 1. The molecule has 2 heterocycles. The van der Waals surface area contributed by atoms with Crippen molar-refractivity contribution < 1.29 is 17.6 Å². The lowest BCUT2D eigenvalue weighted by atomic mass is 10.0. The summed E-state index contributed by atoms with van der Waals surface area (Å²) in [6.45, 7) is 3.80. The van der Waals surface area contributed by atoms with Gasteiger partial charge in [0.2, 0.25) is 0 Å². The standard InChI is InChI=1S/C18H21NO4S2/c1-13-3-6-15(7-4-13)24-11-14-5-8-16(23-14)17(20)19-18(2)9-10-25(21,22)12-18/h3-8H,9-12H2,1-2H3,(H,19,20)/t18-/m1/s1. The molecule has 1 amide bonds. The van der Waals surface area contributed by atoms with E-state index in [1.807, 2.05) is 6.92 Å². The lowest BCUT2D eigenvalue weighted by Crippen LogP contribution is -2.46. The van der Waals surface area contributed by atoms with Crippen LogP contribution in [0.25, 0.3) is 0 Å². The van der Waals surface area contributed by atoms with Gasteiger partial charge in [-0.1, -0.05) is 17.7 Å². The number of carbonyl (C=O) groups is 1. The molecule has 1 aliphatic heterocycles. The van der Waals surface area contributed by atoms with Crippen LogP contribution in [-0.4, -0.2) is 31.4 Å². The third kappa shape index (κ3) is 4.67. The van der Waals surface area contributed by atoms with E-state index in [-0.39, 0.29) is 23.2 Å². The largest absolute Gasteiger partial charge is 0.455 e. The van der Waals surface area contributed by atoms with Crippen molar-refractivity contribution in [2.45, 2.75) is 36.5 Å². The number of hydrogen-bond donors (Lipinski definition) is 1. The zero-order valence-electron chi connectivity index (χ0n) is 14.2. The lowest BCUT2D eigenvalue weighted by molar-refractivity contribution is 0.0885. The Bertz CT molecular complexity index is 871. The molecule has 0 radical (unpaired) electrons. The predicted molar refractivity (Wildman–Crippen MR) is 98.6 cm³/mol. The zero-order valence-corrected chi connectivity index (χ0v) is 15.9. The monoisotopic (exact) mass is 379 g/mol. The predicted octanol–water partition coefficient (Wildman–Crippen LogP) is 3.19. The van der Waals surface area contributed by atoms with E-state index in [1.54, 1.807) is 30.8 Å². The van der Waals surface area contributed by atoms with Crippen LogP contribution in [0.5, 0.6) is 0 Å². The van der Waals surface area contributed by atoms with Crippen LogP contribution in [-0.2, 0) is 15.6 Å². The molecular formula is C18H21NO4S2. The van der Waals surface area contributed by atoms with Crippen LogP contribution in [0.3, 0.4) is 0 Å². The first-order valence-electron chi connectivity index (χ1n) is 8.06. The van der Waals surface area contributed by atoms with E-state index >= 15 is 0 Å². The molecule has 0 aliphatic carbocycles. The first kappa shape index (κ1) is 18.1. The fourth-order valence-corrected chi connectivity index (χ4v) is 5.70. The fraction of sp³-hybridized carbons (Fsp3) is 0.389. The number of nitrogens with one attached hydrogen (secondary N) is 1. The number of benzene rings is 1. The molecular weight excluding hydrogens is 358 g/mol. The normalized spacial score (nSPS) is 22.0. The van der Waals surface area contributed by atoms with Gasteiger partial charge in [0, 0.05) is 4.90 Å². The molecule has 2 aromatic rings. The molecule has 0 spiro atoms. The summed E-state index contributed by atoms with van der Waals surface area (Å²) in [5.41, 5.74) is 0.489. The Morgan fingerprint density at radius 2 is 1.96 bits per heavy atom. The summed E-state index contributed by atoms with van der Waals surface area (Å²) in [5, 5.41) is 2.80. The summed E-state index contributed by atoms with van der Waals surface area (Å²) in [6, 6.07) is 11.6. The molecule has 5 nitrogen and oxygen atoms in total. The van der Waals surface area contributed by atoms with E-state index in [9.17, 15) is 13.2 Å². The Morgan fingerprint density at radius 3 is 2.60 bits per heavy atom. The van der Waals surface area contributed by atoms with Gasteiger partial charge in [0.25, 0.3) is 5.91 Å². The van der Waals surface area contributed by atoms with Gasteiger partial charge in [-0.2, -0.15) is 0 Å². The number of hydrogen-bond acceptors (Lipinski definition) is 5. The highest BCUT2D eigenvalue weighted by molar-refractivity contribution is 7.98. The van der Waals surface area contributed by atoms with Gasteiger partial charge in [-0.15, -0.1) is 11.8 Å². The Hall–Kier alpha value is -1.73. The highest BCUT2D eigenvalue weighted by atomic mass is 32.2. The van der Waals surface area contributed by atoms with Crippen LogP contribution < -0.4 is 5.32 Å². The van der Waals surface area contributed by atoms with E-state index in [1.165, 1.54) is 5.56 Å². The zero-order chi connectivity index (χ0) is 18.1. The molecule has 1 N–H and O–H groups in total. The summed E-state index contributed by atoms with van der Waals surface area (Å²) in [4.78, 5) is 13.5. The van der Waals surface area contributed by atoms with Gasteiger partial charge in [-0.25, -0.2) is 8.42 Å². The highest BCUT2D eigenvalue weighted by Gasteiger charge is 2.39. The van der Waals surface area contributed by atoms with E-state index in [0.29, 0.717) is 17.9 Å². The van der Waals surface area contributed by atoms with Crippen molar-refractivity contribution in [3.63, 3.8) is 0 Å². The SMILES string of the molecule is Cc1ccc(SCc2ccc(C(=O)N[C@]3(C)CCS(=O)(=O)C3)o2)cc1. The smallest absolute Gasteiger partial charge is 0.287 e. The quantitative estimate of drug-likeness (QED) is 0.808. The van der Waals surface area contributed by atoms with Crippen LogP contribution in [0.1, 0.15) is 35.2 Å². The maximum Gasteiger partial charge on any atom is 0.287 e. The lowest BCUT2D eigenvalue weighted by Gasteiger charge is -2.23. The van der Waals surface area contributed by atoms with E-state index in [2.05, 4.69) is 29.6 Å². The molecule has 1 saturated heterocycles. The number of aryl methyl sites for hydroxylation is 1. The number of sulfone groups is 1. The highest BCUT2D eigenvalue weighted by Crippen LogP contribution is 2.26. The van der Waals surface area contributed by atoms with Crippen LogP contribution in [0.15, 0.2) is 45.7 Å². The van der Waals surface area contributed by atoms with Crippen molar-refractivity contribution in [3.05, 3.63) is 53.5 Å². The van der Waals surface area contributed by atoms with E-state index in [0.717, 1.165) is 4.90 Å². The van der Waals surface area contributed by atoms with Crippen molar-refractivity contribution >= 4 is 27.5 Å². The molecule has 134 valence electrons. The Morgan fingerprint density at radius 1 is 1.24 bits per heavy atom. The van der Waals surface area contributed by atoms with Gasteiger partial charge in [0.15, 0.2) is 15.6 Å². The Balaban J connectivity index is 1.59. The van der Waals surface area contributed by atoms with E-state index in [4.69, 9.17) is 4.42 Å². The van der Waals surface area contributed by atoms with Gasteiger partial charge >= 0.3 is 0 Å². The average Bonchev–Trinajstić information content (AvgIpc) is 3.11. The molecule has 3 rings (SSSR count). The topological polar surface area (TPSA) is 76.4 Å². The molecule has 0 saturated carbocycles. The molecule has 1 aromatic heterocycles. The molecule has 1 aliphatic rings. The van der Waals surface area contributed by atoms with Crippen molar-refractivity contribution in [1.82, 2.24) is 5.32 Å². The third-order valence-corrected chi connectivity index (χ3v) is 7.14. The Kier molecular flexibility index (Phi) is 4.97. The second-order valence-corrected chi connectivity index (χ2v) is 9.96. The number of thioether (sulfide) groups is 1. The average molecular weight is 380 g/mol. The van der Waals surface area contributed by atoms with Crippen LogP contribution in [0, 0.1) is 6.92 Å². The third-order valence-electron chi connectivity index (χ3n) is 4.21. The maximum atomic E-state index is 12.3. The van der Waals surface area contributed by atoms with Crippen LogP contribution >= 0.6 is 11.8 Å². The van der Waals surface area contributed by atoms with Crippen molar-refractivity contribution in [3.8, 4) is 0 Å². The van der Waals surface area contributed by atoms with Gasteiger partial charge in [-0.3, -0.25) is 4.79 Å². The second-order valence-electron chi connectivity index (χ2n) is 6.72. The summed E-state index contributed by atoms with van der Waals surface area (Å²) in [6.07, 6.45) is 0.428. The Labute approximate surface area is 152 Å². The first-order chi connectivity index (χ1) is 11.7. The summed E-state index contributed by atoms with van der Waals surface area (Å²) in [5.74, 6) is 1.27. The minimum Gasteiger partial charge on any atom is -0.455 e. The molecule has 1 atom stereocenters. The van der Waals surface area contributed by atoms with Gasteiger partial charge in [0.05, 0.1) is 22.8 Å². The minimum atomic E-state index is -3.07. The van der Waals surface area contributed by atoms with Crippen molar-refractivity contribution in [2.24, 2.45) is 0 Å². The van der Waals surface area contributed by atoms with Crippen LogP contribution in [0.4, 0.5) is 0 Å². The molecule has 0 bridgehead atoms. The van der Waals surface area contributed by atoms with E-state index < -0.39 is 15.4 Å². The summed E-state index contributed by atoms with van der Waals surface area (Å²) < 4.78 is 28.9. The first-order valence-corrected chi connectivity index (χ1v) is 10.9. The summed E-state index contributed by atoms with van der Waals surface area (Å²) >= 11 is 1.63. The number of carbonyl (C=O) groups excluding carboxylic acids is 1. The maximum absolute atomic E-state index is 12.3. The summed E-state index contributed by atoms with van der Waals surface area (Å²) in [7, 11) is -3.07. The second kappa shape index (κ2) is 6.88. The molecule has 25 heavy (non-hydrogen) atoms. The number of rotatable bonds is 5. The molecule has 1 fully saturated rings. The molecule has 7 heteroatoms. The fourth-order valence-electron chi connectivity index (χ4n) is 2.81. The van der Waals surface area contributed by atoms with Gasteiger partial charge in [-0.05, 0) is 44.5 Å². The molecule has 0 unspecified atom stereocenters. The minimum absolute atomic E-state index is 0.0252.